The number of sulfonamides is 1. The minimum absolute atomic E-state index is 0.000271. The zero-order valence-corrected chi connectivity index (χ0v) is 21.2. The molecule has 0 spiro atoms. The number of hydrogen-bond acceptors (Lipinski definition) is 6. The van der Waals surface area contributed by atoms with Gasteiger partial charge in [0.05, 0.1) is 52.6 Å². The monoisotopic (exact) mass is 560 g/mol. The smallest absolute Gasteiger partial charge is 0.379 e. The number of rotatable bonds is 8. The third kappa shape index (κ3) is 6.46. The van der Waals surface area contributed by atoms with E-state index in [4.69, 9.17) is 32.5 Å². The van der Waals surface area contributed by atoms with Crippen molar-refractivity contribution >= 4 is 51.6 Å². The van der Waals surface area contributed by atoms with E-state index in [0.29, 0.717) is 32.4 Å². The first-order valence-corrected chi connectivity index (χ1v) is 14.1. The first-order chi connectivity index (χ1) is 15.9. The van der Waals surface area contributed by atoms with Gasteiger partial charge >= 0.3 is 6.18 Å². The number of halogens is 5. The zero-order chi connectivity index (χ0) is 25.1. The molecule has 0 saturated carbocycles. The Morgan fingerprint density at radius 1 is 1.15 bits per heavy atom. The van der Waals surface area contributed by atoms with E-state index in [2.05, 4.69) is 4.72 Å². The fourth-order valence-corrected chi connectivity index (χ4v) is 7.34. The molecule has 3 rings (SSSR count). The van der Waals surface area contributed by atoms with E-state index in [-0.39, 0.29) is 28.9 Å². The van der Waals surface area contributed by atoms with E-state index in [9.17, 15) is 26.2 Å². The van der Waals surface area contributed by atoms with Crippen molar-refractivity contribution in [2.75, 3.05) is 43.9 Å². The molecule has 0 amide bonds. The van der Waals surface area contributed by atoms with E-state index in [1.165, 1.54) is 18.2 Å². The van der Waals surface area contributed by atoms with Crippen molar-refractivity contribution in [3.8, 4) is 0 Å². The summed E-state index contributed by atoms with van der Waals surface area (Å²) < 4.78 is 92.8. The van der Waals surface area contributed by atoms with Crippen LogP contribution in [-0.2, 0) is 30.0 Å². The molecular weight excluding hydrogens is 539 g/mol. The first-order valence-electron chi connectivity index (χ1n) is 10.1. The van der Waals surface area contributed by atoms with E-state index < -0.39 is 39.0 Å². The van der Waals surface area contributed by atoms with Crippen LogP contribution in [0.2, 0.25) is 10.0 Å². The minimum Gasteiger partial charge on any atom is -0.379 e. The molecule has 14 heteroatoms. The molecule has 1 atom stereocenters. The topological polar surface area (TPSA) is 84.9 Å². The molecule has 1 fully saturated rings. The van der Waals surface area contributed by atoms with Crippen molar-refractivity contribution < 1.29 is 35.4 Å². The summed E-state index contributed by atoms with van der Waals surface area (Å²) in [4.78, 5) is 1.20. The van der Waals surface area contributed by atoms with Gasteiger partial charge in [0.15, 0.2) is 0 Å². The Balaban J connectivity index is 2.02. The lowest BCUT2D eigenvalue weighted by Gasteiger charge is -2.31. The summed E-state index contributed by atoms with van der Waals surface area (Å²) in [6, 6.07) is 6.29. The molecule has 188 valence electrons. The molecule has 0 aromatic heterocycles. The highest BCUT2D eigenvalue weighted by Crippen LogP contribution is 2.49. The molecule has 1 heterocycles. The molecule has 0 radical (unpaired) electrons. The van der Waals surface area contributed by atoms with Crippen LogP contribution in [0.3, 0.4) is 0 Å². The Labute approximate surface area is 205 Å². The van der Waals surface area contributed by atoms with Crippen molar-refractivity contribution in [1.29, 1.82) is 0 Å². The molecule has 2 aromatic rings. The molecular formula is C20H22Cl2F3N2O5PS. The number of hydrogen-bond donors (Lipinski definition) is 1. The molecule has 1 N–H and O–H groups in total. The van der Waals surface area contributed by atoms with Crippen LogP contribution in [0.15, 0.2) is 41.3 Å². The van der Waals surface area contributed by atoms with Crippen molar-refractivity contribution in [2.24, 2.45) is 0 Å². The summed E-state index contributed by atoms with van der Waals surface area (Å²) >= 11 is 11.7. The summed E-state index contributed by atoms with van der Waals surface area (Å²) in [7, 11) is -8.17. The largest absolute Gasteiger partial charge is 0.417 e. The molecule has 34 heavy (non-hydrogen) atoms. The summed E-state index contributed by atoms with van der Waals surface area (Å²) in [6.45, 7) is 3.66. The highest BCUT2D eigenvalue weighted by atomic mass is 35.5. The summed E-state index contributed by atoms with van der Waals surface area (Å²) in [6.07, 6.45) is -4.85. The fourth-order valence-electron chi connectivity index (χ4n) is 3.38. The Bertz CT molecular complexity index is 1190. The lowest BCUT2D eigenvalue weighted by atomic mass is 10.2. The van der Waals surface area contributed by atoms with Gasteiger partial charge in [0.25, 0.3) is 10.0 Å². The molecule has 1 aliphatic heterocycles. The van der Waals surface area contributed by atoms with Crippen LogP contribution >= 0.6 is 30.6 Å². The maximum atomic E-state index is 13.9. The van der Waals surface area contributed by atoms with Crippen LogP contribution < -0.4 is 10.0 Å². The Morgan fingerprint density at radius 3 is 2.44 bits per heavy atom. The molecule has 7 nitrogen and oxygen atoms in total. The van der Waals surface area contributed by atoms with Crippen molar-refractivity contribution in [3.05, 3.63) is 52.0 Å². The Hall–Kier alpha value is -1.33. The quantitative estimate of drug-likeness (QED) is 0.455. The van der Waals surface area contributed by atoms with Gasteiger partial charge in [-0.3, -0.25) is 14.2 Å². The molecule has 2 aromatic carbocycles. The van der Waals surface area contributed by atoms with E-state index >= 15 is 0 Å². The average molecular weight is 561 g/mol. The van der Waals surface area contributed by atoms with Crippen LogP contribution in [-0.4, -0.2) is 52.5 Å². The molecule has 1 saturated heterocycles. The van der Waals surface area contributed by atoms with Gasteiger partial charge in [-0.2, -0.15) is 13.2 Å². The van der Waals surface area contributed by atoms with Gasteiger partial charge in [-0.15, -0.1) is 0 Å². The van der Waals surface area contributed by atoms with Crippen LogP contribution in [0.25, 0.3) is 0 Å². The highest BCUT2D eigenvalue weighted by Gasteiger charge is 2.36. The van der Waals surface area contributed by atoms with E-state index in [1.54, 1.807) is 6.92 Å². The summed E-state index contributed by atoms with van der Waals surface area (Å²) in [5.74, 6) is 0. The van der Waals surface area contributed by atoms with Gasteiger partial charge in [-0.1, -0.05) is 23.2 Å². The number of nitrogens with one attached hydrogen (secondary N) is 1. The predicted octanol–water partition coefficient (Wildman–Crippen LogP) is 5.04. The second kappa shape index (κ2) is 10.7. The summed E-state index contributed by atoms with van der Waals surface area (Å²) in [5.41, 5.74) is -1.45. The Morgan fingerprint density at radius 2 is 1.82 bits per heavy atom. The standard InChI is InChI=1S/C20H22Cl2F3N2O5PS/c1-2-32-33(28,13-27-7-9-31-10-8-27)19-6-3-14(21)11-18(19)26-34(29,30)15-4-5-17(22)16(12-15)20(23,24)25/h3-6,11-12,26H,2,7-10,13H2,1H3. The van der Waals surface area contributed by atoms with Crippen LogP contribution in [0.4, 0.5) is 18.9 Å². The lowest BCUT2D eigenvalue weighted by Crippen LogP contribution is -2.38. The predicted molar refractivity (Wildman–Crippen MR) is 125 cm³/mol. The number of benzene rings is 2. The van der Waals surface area contributed by atoms with Crippen molar-refractivity contribution in [1.82, 2.24) is 4.90 Å². The molecule has 0 aliphatic carbocycles. The fraction of sp³-hybridized carbons (Fsp3) is 0.400. The van der Waals surface area contributed by atoms with Crippen LogP contribution in [0.5, 0.6) is 0 Å². The third-order valence-electron chi connectivity index (χ3n) is 4.95. The number of anilines is 1. The highest BCUT2D eigenvalue weighted by molar-refractivity contribution is 7.92. The molecule has 1 unspecified atom stereocenters. The maximum Gasteiger partial charge on any atom is 0.417 e. The van der Waals surface area contributed by atoms with E-state index in [1.807, 2.05) is 4.90 Å². The normalized spacial score (nSPS) is 17.4. The van der Waals surface area contributed by atoms with Gasteiger partial charge in [-0.05, 0) is 43.3 Å². The second-order valence-electron chi connectivity index (χ2n) is 7.37. The van der Waals surface area contributed by atoms with Gasteiger partial charge in [-0.25, -0.2) is 8.42 Å². The minimum atomic E-state index is -4.85. The summed E-state index contributed by atoms with van der Waals surface area (Å²) in [5, 5.41) is -0.456. The van der Waals surface area contributed by atoms with Gasteiger partial charge < -0.3 is 9.26 Å². The lowest BCUT2D eigenvalue weighted by molar-refractivity contribution is -0.137. The van der Waals surface area contributed by atoms with Crippen molar-refractivity contribution in [3.63, 3.8) is 0 Å². The van der Waals surface area contributed by atoms with E-state index in [0.717, 1.165) is 12.1 Å². The van der Waals surface area contributed by atoms with Crippen molar-refractivity contribution in [2.45, 2.75) is 18.0 Å². The SMILES string of the molecule is CCOP(=O)(CN1CCOCC1)c1ccc(Cl)cc1NS(=O)(=O)c1ccc(Cl)c(C(F)(F)F)c1. The van der Waals surface area contributed by atoms with Gasteiger partial charge in [0, 0.05) is 18.1 Å². The van der Waals surface area contributed by atoms with Crippen LogP contribution in [0, 0.1) is 0 Å². The number of morpholine rings is 1. The second-order valence-corrected chi connectivity index (χ2v) is 12.3. The van der Waals surface area contributed by atoms with Gasteiger partial charge in [0.2, 0.25) is 7.37 Å². The number of nitrogens with zero attached hydrogens (tertiary/aromatic N) is 1. The average Bonchev–Trinajstić information content (AvgIpc) is 2.73. The molecule has 0 bridgehead atoms. The third-order valence-corrected chi connectivity index (χ3v) is 9.45. The van der Waals surface area contributed by atoms with Gasteiger partial charge in [0.1, 0.15) is 0 Å². The number of alkyl halides is 3. The first kappa shape index (κ1) is 27.3. The maximum absolute atomic E-state index is 13.9. The zero-order valence-electron chi connectivity index (χ0n) is 17.9. The molecule has 1 aliphatic rings. The number of ether oxygens (including phenoxy) is 1. The van der Waals surface area contributed by atoms with Crippen LogP contribution in [0.1, 0.15) is 12.5 Å². The Kier molecular flexibility index (Phi) is 8.61.